The molecule has 3 heterocycles. The summed E-state index contributed by atoms with van der Waals surface area (Å²) in [5.41, 5.74) is 2.12. The van der Waals surface area contributed by atoms with Crippen molar-refractivity contribution in [2.24, 2.45) is 0 Å². The van der Waals surface area contributed by atoms with Crippen LogP contribution in [0.2, 0.25) is 0 Å². The minimum absolute atomic E-state index is 0.0338. The SMILES string of the molecule is Cc1nnc(-c2ccc(-c3nc4c(c(NC5(CO)CCC5)n3)[S@](=O)CC4)cc2)o1. The van der Waals surface area contributed by atoms with Gasteiger partial charge in [-0.25, -0.2) is 9.97 Å². The van der Waals surface area contributed by atoms with Gasteiger partial charge in [0.15, 0.2) is 5.82 Å². The van der Waals surface area contributed by atoms with Gasteiger partial charge in [0.1, 0.15) is 10.7 Å². The number of aliphatic hydroxyl groups is 1. The first-order chi connectivity index (χ1) is 14.1. The summed E-state index contributed by atoms with van der Waals surface area (Å²) in [6, 6.07) is 7.62. The van der Waals surface area contributed by atoms with E-state index in [1.807, 2.05) is 24.3 Å². The molecule has 0 spiro atoms. The van der Waals surface area contributed by atoms with Gasteiger partial charge < -0.3 is 14.8 Å². The van der Waals surface area contributed by atoms with Crippen molar-refractivity contribution in [3.8, 4) is 22.8 Å². The summed E-state index contributed by atoms with van der Waals surface area (Å²) in [6.07, 6.45) is 3.48. The average Bonchev–Trinajstić information content (AvgIpc) is 3.31. The van der Waals surface area contributed by atoms with Crippen LogP contribution in [0, 0.1) is 6.92 Å². The zero-order valence-electron chi connectivity index (χ0n) is 16.0. The van der Waals surface area contributed by atoms with E-state index in [1.165, 1.54) is 0 Å². The minimum atomic E-state index is -1.11. The van der Waals surface area contributed by atoms with E-state index < -0.39 is 10.8 Å². The van der Waals surface area contributed by atoms with Crippen LogP contribution in [0.15, 0.2) is 33.6 Å². The molecule has 0 unspecified atom stereocenters. The molecule has 2 aliphatic rings. The maximum absolute atomic E-state index is 12.5. The van der Waals surface area contributed by atoms with Crippen molar-refractivity contribution in [2.45, 2.75) is 43.0 Å². The lowest BCUT2D eigenvalue weighted by atomic mass is 9.77. The highest BCUT2D eigenvalue weighted by atomic mass is 32.2. The zero-order valence-corrected chi connectivity index (χ0v) is 16.8. The lowest BCUT2D eigenvalue weighted by molar-refractivity contribution is 0.143. The molecule has 0 radical (unpaired) electrons. The van der Waals surface area contributed by atoms with Crippen LogP contribution in [0.1, 0.15) is 30.8 Å². The monoisotopic (exact) mass is 411 g/mol. The molecule has 0 saturated heterocycles. The smallest absolute Gasteiger partial charge is 0.247 e. The number of aromatic nitrogens is 4. The van der Waals surface area contributed by atoms with Gasteiger partial charge in [0.05, 0.1) is 28.6 Å². The fourth-order valence-electron chi connectivity index (χ4n) is 3.76. The van der Waals surface area contributed by atoms with Crippen molar-refractivity contribution in [2.75, 3.05) is 17.7 Å². The number of nitrogens with zero attached hydrogens (tertiary/aromatic N) is 4. The van der Waals surface area contributed by atoms with Crippen molar-refractivity contribution < 1.29 is 13.7 Å². The van der Waals surface area contributed by atoms with Crippen LogP contribution in [0.4, 0.5) is 5.82 Å². The van der Waals surface area contributed by atoms with Gasteiger partial charge >= 0.3 is 0 Å². The number of anilines is 1. The Kier molecular flexibility index (Phi) is 4.44. The van der Waals surface area contributed by atoms with Crippen LogP contribution in [-0.4, -0.2) is 47.4 Å². The first-order valence-electron chi connectivity index (χ1n) is 9.66. The number of hydrogen-bond donors (Lipinski definition) is 2. The number of benzene rings is 1. The van der Waals surface area contributed by atoms with Gasteiger partial charge in [-0.2, -0.15) is 0 Å². The van der Waals surface area contributed by atoms with E-state index in [1.54, 1.807) is 6.92 Å². The second-order valence-corrected chi connectivity index (χ2v) is 9.10. The Hall–Kier alpha value is -2.65. The van der Waals surface area contributed by atoms with Crippen LogP contribution in [0.25, 0.3) is 22.8 Å². The molecule has 29 heavy (non-hydrogen) atoms. The van der Waals surface area contributed by atoms with Gasteiger partial charge in [0, 0.05) is 30.2 Å². The van der Waals surface area contributed by atoms with E-state index in [0.717, 1.165) is 36.1 Å². The minimum Gasteiger partial charge on any atom is -0.421 e. The predicted molar refractivity (Wildman–Crippen MR) is 108 cm³/mol. The fourth-order valence-corrected chi connectivity index (χ4v) is 5.07. The summed E-state index contributed by atoms with van der Waals surface area (Å²) in [5.74, 6) is 2.71. The van der Waals surface area contributed by atoms with Crippen molar-refractivity contribution in [1.29, 1.82) is 0 Å². The molecule has 1 aliphatic heterocycles. The van der Waals surface area contributed by atoms with E-state index in [-0.39, 0.29) is 12.1 Å². The van der Waals surface area contributed by atoms with Crippen LogP contribution in [0.5, 0.6) is 0 Å². The van der Waals surface area contributed by atoms with Crippen molar-refractivity contribution in [3.05, 3.63) is 35.9 Å². The second kappa shape index (κ2) is 7.00. The molecule has 1 saturated carbocycles. The van der Waals surface area contributed by atoms with E-state index in [4.69, 9.17) is 9.40 Å². The van der Waals surface area contributed by atoms with Gasteiger partial charge in [0.25, 0.3) is 0 Å². The first-order valence-corrected chi connectivity index (χ1v) is 11.0. The number of fused-ring (bicyclic) bond motifs is 1. The van der Waals surface area contributed by atoms with Crippen LogP contribution in [0.3, 0.4) is 0 Å². The van der Waals surface area contributed by atoms with Crippen molar-refractivity contribution >= 4 is 16.6 Å². The maximum Gasteiger partial charge on any atom is 0.247 e. The molecule has 5 rings (SSSR count). The zero-order chi connectivity index (χ0) is 20.0. The molecule has 150 valence electrons. The van der Waals surface area contributed by atoms with Crippen LogP contribution < -0.4 is 5.32 Å². The van der Waals surface area contributed by atoms with Crippen LogP contribution in [-0.2, 0) is 17.2 Å². The van der Waals surface area contributed by atoms with Gasteiger partial charge in [-0.1, -0.05) is 12.1 Å². The molecule has 2 N–H and O–H groups in total. The maximum atomic E-state index is 12.5. The number of hydrogen-bond acceptors (Lipinski definition) is 8. The standard InChI is InChI=1S/C20H21N5O3S/c1-12-24-25-19(28-12)14-5-3-13(4-6-14)17-21-15-7-10-29(27)16(15)18(22-17)23-20(11-26)8-2-9-20/h3-6,26H,2,7-11H2,1H3,(H,21,22,23)/t29-/m1/s1. The van der Waals surface area contributed by atoms with Crippen molar-refractivity contribution in [1.82, 2.24) is 20.2 Å². The Morgan fingerprint density at radius 2 is 1.93 bits per heavy atom. The summed E-state index contributed by atoms with van der Waals surface area (Å²) < 4.78 is 18.0. The van der Waals surface area contributed by atoms with Gasteiger partial charge in [-0.15, -0.1) is 10.2 Å². The third-order valence-electron chi connectivity index (χ3n) is 5.60. The normalized spacial score (nSPS) is 19.6. The summed E-state index contributed by atoms with van der Waals surface area (Å²) in [6.45, 7) is 1.79. The predicted octanol–water partition coefficient (Wildman–Crippen LogP) is 2.49. The quantitative estimate of drug-likeness (QED) is 0.658. The molecule has 9 heteroatoms. The largest absolute Gasteiger partial charge is 0.421 e. The molecule has 1 aliphatic carbocycles. The molecule has 0 amide bonds. The highest BCUT2D eigenvalue weighted by Crippen LogP contribution is 2.38. The molecule has 1 fully saturated rings. The van der Waals surface area contributed by atoms with E-state index >= 15 is 0 Å². The topological polar surface area (TPSA) is 114 Å². The van der Waals surface area contributed by atoms with E-state index in [0.29, 0.717) is 40.5 Å². The summed E-state index contributed by atoms with van der Waals surface area (Å²) >= 11 is 0. The summed E-state index contributed by atoms with van der Waals surface area (Å²) in [4.78, 5) is 10.1. The number of nitrogens with one attached hydrogen (secondary N) is 1. The molecule has 8 nitrogen and oxygen atoms in total. The molecule has 1 aromatic carbocycles. The first kappa shape index (κ1) is 18.4. The average molecular weight is 411 g/mol. The van der Waals surface area contributed by atoms with Gasteiger partial charge in [0.2, 0.25) is 11.8 Å². The van der Waals surface area contributed by atoms with Gasteiger partial charge in [-0.05, 0) is 31.4 Å². The molecular weight excluding hydrogens is 390 g/mol. The van der Waals surface area contributed by atoms with Crippen molar-refractivity contribution in [3.63, 3.8) is 0 Å². The second-order valence-electron chi connectivity index (χ2n) is 7.59. The number of aryl methyl sites for hydroxylation is 2. The Morgan fingerprint density at radius 3 is 2.55 bits per heavy atom. The molecule has 0 bridgehead atoms. The Labute approximate surface area is 170 Å². The van der Waals surface area contributed by atoms with E-state index in [2.05, 4.69) is 20.5 Å². The number of aliphatic hydroxyl groups excluding tert-OH is 1. The molecule has 2 aromatic heterocycles. The van der Waals surface area contributed by atoms with Crippen LogP contribution >= 0.6 is 0 Å². The lowest BCUT2D eigenvalue weighted by Crippen LogP contribution is -2.48. The Balaban J connectivity index is 1.52. The molecule has 1 atom stereocenters. The lowest BCUT2D eigenvalue weighted by Gasteiger charge is -2.41. The fraction of sp³-hybridized carbons (Fsp3) is 0.400. The highest BCUT2D eigenvalue weighted by Gasteiger charge is 2.38. The summed E-state index contributed by atoms with van der Waals surface area (Å²) in [5, 5.41) is 21.1. The molecular formula is C20H21N5O3S. The highest BCUT2D eigenvalue weighted by molar-refractivity contribution is 7.85. The Morgan fingerprint density at radius 1 is 1.17 bits per heavy atom. The third-order valence-corrected chi connectivity index (χ3v) is 7.06. The number of rotatable bonds is 5. The van der Waals surface area contributed by atoms with Gasteiger partial charge in [-0.3, -0.25) is 4.21 Å². The van der Waals surface area contributed by atoms with E-state index in [9.17, 15) is 9.32 Å². The molecule has 3 aromatic rings. The Bertz CT molecular complexity index is 1090. The third kappa shape index (κ3) is 3.24. The summed E-state index contributed by atoms with van der Waals surface area (Å²) in [7, 11) is -1.11.